The highest BCUT2D eigenvalue weighted by atomic mass is 35.5. The van der Waals surface area contributed by atoms with Crippen molar-refractivity contribution < 1.29 is 18.7 Å². The van der Waals surface area contributed by atoms with Gasteiger partial charge < -0.3 is 19.2 Å². The van der Waals surface area contributed by atoms with Crippen LogP contribution in [0.1, 0.15) is 51.8 Å². The number of ether oxygens (including phenoxy) is 2. The SMILES string of the molecule is CC(C)(C)OC(=O)NC12CC(c3nnc(COc4ccc(Cl)c(Cl)c4)o3)(C1)C2. The lowest BCUT2D eigenvalue weighted by atomic mass is 9.39. The van der Waals surface area contributed by atoms with E-state index in [1.807, 2.05) is 20.8 Å². The van der Waals surface area contributed by atoms with Crippen molar-refractivity contribution in [2.75, 3.05) is 0 Å². The van der Waals surface area contributed by atoms with Crippen LogP contribution < -0.4 is 10.1 Å². The maximum atomic E-state index is 12.0. The van der Waals surface area contributed by atoms with Gasteiger partial charge in [-0.3, -0.25) is 0 Å². The normalized spacial score (nSPS) is 25.5. The van der Waals surface area contributed by atoms with Crippen LogP contribution in [-0.4, -0.2) is 27.4 Å². The number of carbonyl (C=O) groups is 1. The van der Waals surface area contributed by atoms with E-state index >= 15 is 0 Å². The highest BCUT2D eigenvalue weighted by molar-refractivity contribution is 6.42. The molecular weight excluding hydrogens is 405 g/mol. The van der Waals surface area contributed by atoms with Gasteiger partial charge in [-0.15, -0.1) is 10.2 Å². The van der Waals surface area contributed by atoms with Crippen molar-refractivity contribution >= 4 is 29.3 Å². The molecule has 0 atom stereocenters. The van der Waals surface area contributed by atoms with Gasteiger partial charge in [-0.25, -0.2) is 4.79 Å². The Labute approximate surface area is 172 Å². The molecule has 1 N–H and O–H groups in total. The molecule has 0 unspecified atom stereocenters. The molecule has 1 aromatic heterocycles. The number of alkyl carbamates (subject to hydrolysis) is 1. The minimum Gasteiger partial charge on any atom is -0.484 e. The smallest absolute Gasteiger partial charge is 0.408 e. The molecule has 1 heterocycles. The molecule has 3 fully saturated rings. The summed E-state index contributed by atoms with van der Waals surface area (Å²) in [4.78, 5) is 12.0. The number of aromatic nitrogens is 2. The molecule has 2 aromatic rings. The van der Waals surface area contributed by atoms with Gasteiger partial charge in [-0.2, -0.15) is 0 Å². The van der Waals surface area contributed by atoms with Gasteiger partial charge in [0.1, 0.15) is 11.4 Å². The van der Waals surface area contributed by atoms with E-state index in [0.717, 1.165) is 19.3 Å². The van der Waals surface area contributed by atoms with Crippen molar-refractivity contribution in [1.82, 2.24) is 15.5 Å². The Balaban J connectivity index is 1.30. The van der Waals surface area contributed by atoms with Gasteiger partial charge in [0.15, 0.2) is 6.61 Å². The molecule has 2 bridgehead atoms. The van der Waals surface area contributed by atoms with Crippen molar-refractivity contribution in [2.24, 2.45) is 0 Å². The first-order valence-electron chi connectivity index (χ1n) is 9.00. The predicted molar refractivity (Wildman–Crippen MR) is 103 cm³/mol. The monoisotopic (exact) mass is 425 g/mol. The lowest BCUT2D eigenvalue weighted by Gasteiger charge is -2.68. The van der Waals surface area contributed by atoms with Crippen LogP contribution in [0.15, 0.2) is 22.6 Å². The summed E-state index contributed by atoms with van der Waals surface area (Å²) in [5.41, 5.74) is -0.877. The summed E-state index contributed by atoms with van der Waals surface area (Å²) in [7, 11) is 0. The van der Waals surface area contributed by atoms with Gasteiger partial charge in [0.25, 0.3) is 5.89 Å². The summed E-state index contributed by atoms with van der Waals surface area (Å²) in [5.74, 6) is 1.55. The van der Waals surface area contributed by atoms with Crippen LogP contribution >= 0.6 is 23.2 Å². The van der Waals surface area contributed by atoms with Gasteiger partial charge in [0.2, 0.25) is 5.89 Å². The Morgan fingerprint density at radius 1 is 1.21 bits per heavy atom. The number of hydrogen-bond donors (Lipinski definition) is 1. The highest BCUT2D eigenvalue weighted by Crippen LogP contribution is 2.67. The highest BCUT2D eigenvalue weighted by Gasteiger charge is 2.72. The fourth-order valence-corrected chi connectivity index (χ4v) is 4.19. The first kappa shape index (κ1) is 19.3. The molecule has 0 aliphatic heterocycles. The van der Waals surface area contributed by atoms with Crippen LogP contribution in [-0.2, 0) is 16.8 Å². The van der Waals surface area contributed by atoms with Crippen molar-refractivity contribution in [2.45, 2.75) is 63.2 Å². The van der Waals surface area contributed by atoms with Crippen molar-refractivity contribution in [3.8, 4) is 5.75 Å². The Morgan fingerprint density at radius 2 is 1.93 bits per heavy atom. The van der Waals surface area contributed by atoms with E-state index < -0.39 is 5.60 Å². The third kappa shape index (κ3) is 3.65. The van der Waals surface area contributed by atoms with E-state index in [-0.39, 0.29) is 23.7 Å². The van der Waals surface area contributed by atoms with Gasteiger partial charge in [0, 0.05) is 11.6 Å². The van der Waals surface area contributed by atoms with E-state index in [1.54, 1.807) is 18.2 Å². The van der Waals surface area contributed by atoms with Crippen LogP contribution in [0.3, 0.4) is 0 Å². The molecule has 3 aliphatic rings. The van der Waals surface area contributed by atoms with Gasteiger partial charge in [-0.1, -0.05) is 23.2 Å². The zero-order chi connectivity index (χ0) is 20.2. The fraction of sp³-hybridized carbons (Fsp3) is 0.526. The molecule has 1 amide bonds. The summed E-state index contributed by atoms with van der Waals surface area (Å²) in [6.07, 6.45) is 1.93. The summed E-state index contributed by atoms with van der Waals surface area (Å²) < 4.78 is 16.7. The average molecular weight is 426 g/mol. The third-order valence-corrected chi connectivity index (χ3v) is 5.71. The van der Waals surface area contributed by atoms with Crippen molar-refractivity contribution in [1.29, 1.82) is 0 Å². The number of nitrogens with one attached hydrogen (secondary N) is 1. The second kappa shape index (κ2) is 6.52. The van der Waals surface area contributed by atoms with Gasteiger partial charge in [0.05, 0.1) is 15.5 Å². The summed E-state index contributed by atoms with van der Waals surface area (Å²) in [6.45, 7) is 5.67. The maximum absolute atomic E-state index is 12.0. The number of carbonyl (C=O) groups excluding carboxylic acids is 1. The topological polar surface area (TPSA) is 86.5 Å². The van der Waals surface area contributed by atoms with E-state index in [4.69, 9.17) is 37.1 Å². The second-order valence-electron chi connectivity index (χ2n) is 8.58. The van der Waals surface area contributed by atoms with Crippen LogP contribution in [0, 0.1) is 0 Å². The van der Waals surface area contributed by atoms with Crippen molar-refractivity contribution in [3.05, 3.63) is 40.0 Å². The van der Waals surface area contributed by atoms with Crippen LogP contribution in [0.4, 0.5) is 4.79 Å². The maximum Gasteiger partial charge on any atom is 0.408 e. The summed E-state index contributed by atoms with van der Waals surface area (Å²) in [6, 6.07) is 5.02. The van der Waals surface area contributed by atoms with E-state index in [0.29, 0.717) is 27.6 Å². The van der Waals surface area contributed by atoms with Crippen molar-refractivity contribution in [3.63, 3.8) is 0 Å². The number of amides is 1. The Morgan fingerprint density at radius 3 is 2.57 bits per heavy atom. The summed E-state index contributed by atoms with van der Waals surface area (Å²) in [5, 5.41) is 12.1. The first-order chi connectivity index (χ1) is 13.1. The average Bonchev–Trinajstić information content (AvgIpc) is 2.97. The number of benzene rings is 1. The van der Waals surface area contributed by atoms with Crippen LogP contribution in [0.2, 0.25) is 10.0 Å². The van der Waals surface area contributed by atoms with Crippen LogP contribution in [0.25, 0.3) is 0 Å². The van der Waals surface area contributed by atoms with E-state index in [1.165, 1.54) is 0 Å². The Hall–Kier alpha value is -1.99. The fourth-order valence-electron chi connectivity index (χ4n) is 3.91. The Bertz CT molecular complexity index is 902. The lowest BCUT2D eigenvalue weighted by Crippen LogP contribution is -2.77. The molecular formula is C19H21Cl2N3O4. The molecule has 0 saturated heterocycles. The number of halogens is 2. The van der Waals surface area contributed by atoms with E-state index in [2.05, 4.69) is 15.5 Å². The molecule has 1 aromatic carbocycles. The molecule has 9 heteroatoms. The van der Waals surface area contributed by atoms with Gasteiger partial charge >= 0.3 is 6.09 Å². The van der Waals surface area contributed by atoms with E-state index in [9.17, 15) is 4.79 Å². The molecule has 150 valence electrons. The Kier molecular flexibility index (Phi) is 4.50. The first-order valence-corrected chi connectivity index (χ1v) is 9.76. The molecule has 28 heavy (non-hydrogen) atoms. The quantitative estimate of drug-likeness (QED) is 0.749. The molecule has 0 radical (unpaired) electrons. The van der Waals surface area contributed by atoms with Crippen LogP contribution in [0.5, 0.6) is 5.75 Å². The number of hydrogen-bond acceptors (Lipinski definition) is 6. The van der Waals surface area contributed by atoms with Gasteiger partial charge in [-0.05, 0) is 52.2 Å². The minimum atomic E-state index is -0.513. The molecule has 7 nitrogen and oxygen atoms in total. The summed E-state index contributed by atoms with van der Waals surface area (Å²) >= 11 is 11.9. The third-order valence-electron chi connectivity index (χ3n) is 4.97. The molecule has 0 spiro atoms. The zero-order valence-electron chi connectivity index (χ0n) is 15.8. The molecule has 3 saturated carbocycles. The predicted octanol–water partition coefficient (Wildman–Crippen LogP) is 4.65. The standard InChI is InChI=1S/C19H21Cl2N3O4/c1-17(2,3)28-16(25)22-19-8-18(9-19,10-19)15-24-23-14(27-15)7-26-11-4-5-12(20)13(21)6-11/h4-6H,7-10H2,1-3H3,(H,22,25). The number of nitrogens with zero attached hydrogens (tertiary/aromatic N) is 2. The zero-order valence-corrected chi connectivity index (χ0v) is 17.4. The number of rotatable bonds is 5. The minimum absolute atomic E-state index is 0.141. The second-order valence-corrected chi connectivity index (χ2v) is 9.40. The molecule has 5 rings (SSSR count). The largest absolute Gasteiger partial charge is 0.484 e. The molecule has 3 aliphatic carbocycles. The lowest BCUT2D eigenvalue weighted by molar-refractivity contribution is -0.103.